The van der Waals surface area contributed by atoms with Crippen molar-refractivity contribution in [3.8, 4) is 0 Å². The van der Waals surface area contributed by atoms with Gasteiger partial charge in [0.2, 0.25) is 0 Å². The average Bonchev–Trinajstić information content (AvgIpc) is 2.39. The van der Waals surface area contributed by atoms with Crippen LogP contribution in [0.4, 0.5) is 4.39 Å². The first-order chi connectivity index (χ1) is 8.95. The van der Waals surface area contributed by atoms with E-state index in [1.165, 1.54) is 6.07 Å². The zero-order valence-corrected chi connectivity index (χ0v) is 13.0. The number of hydrogen-bond acceptors (Lipinski definition) is 3. The molecule has 0 aromatic heterocycles. The van der Waals surface area contributed by atoms with Gasteiger partial charge in [0.25, 0.3) is 0 Å². The van der Waals surface area contributed by atoms with Gasteiger partial charge in [-0.25, -0.2) is 9.18 Å². The first-order valence-corrected chi connectivity index (χ1v) is 7.12. The molecular formula is C14H19BrFNO2. The zero-order chi connectivity index (χ0) is 14.5. The summed E-state index contributed by atoms with van der Waals surface area (Å²) in [7, 11) is 0. The van der Waals surface area contributed by atoms with Gasteiger partial charge in [0.1, 0.15) is 11.4 Å². The fourth-order valence-corrected chi connectivity index (χ4v) is 2.13. The minimum Gasteiger partial charge on any atom is -0.464 e. The quantitative estimate of drug-likeness (QED) is 0.812. The van der Waals surface area contributed by atoms with Crippen LogP contribution in [-0.4, -0.2) is 19.1 Å². The molecule has 19 heavy (non-hydrogen) atoms. The summed E-state index contributed by atoms with van der Waals surface area (Å²) in [6.45, 7) is 6.51. The predicted octanol–water partition coefficient (Wildman–Crippen LogP) is 3.37. The lowest BCUT2D eigenvalue weighted by Crippen LogP contribution is -2.48. The third-order valence-corrected chi connectivity index (χ3v) is 3.52. The van der Waals surface area contributed by atoms with Crippen molar-refractivity contribution in [2.24, 2.45) is 0 Å². The Labute approximate surface area is 121 Å². The van der Waals surface area contributed by atoms with Crippen molar-refractivity contribution < 1.29 is 13.9 Å². The van der Waals surface area contributed by atoms with Gasteiger partial charge in [0.05, 0.1) is 11.1 Å². The molecule has 0 aliphatic heterocycles. The van der Waals surface area contributed by atoms with Crippen molar-refractivity contribution in [3.05, 3.63) is 34.1 Å². The smallest absolute Gasteiger partial charge is 0.330 e. The number of ether oxygens (including phenoxy) is 1. The number of esters is 1. The molecule has 0 radical (unpaired) electrons. The lowest BCUT2D eigenvalue weighted by molar-refractivity contribution is -0.151. The molecule has 1 aromatic carbocycles. The highest BCUT2D eigenvalue weighted by atomic mass is 79.9. The maximum absolute atomic E-state index is 13.3. The van der Waals surface area contributed by atoms with E-state index in [1.807, 2.05) is 6.92 Å². The Morgan fingerprint density at radius 3 is 2.68 bits per heavy atom. The lowest BCUT2D eigenvalue weighted by atomic mass is 9.91. The number of carbonyl (C=O) groups excluding carboxylic acids is 1. The van der Waals surface area contributed by atoms with Crippen LogP contribution in [0.2, 0.25) is 0 Å². The van der Waals surface area contributed by atoms with E-state index in [1.54, 1.807) is 26.0 Å². The van der Waals surface area contributed by atoms with E-state index in [2.05, 4.69) is 21.2 Å². The molecule has 0 saturated heterocycles. The third-order valence-electron chi connectivity index (χ3n) is 2.91. The summed E-state index contributed by atoms with van der Waals surface area (Å²) in [5.74, 6) is -0.715. The molecule has 3 nitrogen and oxygen atoms in total. The Bertz CT molecular complexity index is 453. The Kier molecular flexibility index (Phi) is 5.94. The van der Waals surface area contributed by atoms with Crippen LogP contribution >= 0.6 is 15.9 Å². The highest BCUT2D eigenvalue weighted by molar-refractivity contribution is 9.10. The molecule has 1 aromatic rings. The van der Waals surface area contributed by atoms with Crippen molar-refractivity contribution in [2.75, 3.05) is 13.2 Å². The number of rotatable bonds is 6. The van der Waals surface area contributed by atoms with Crippen LogP contribution in [0.15, 0.2) is 22.7 Å². The van der Waals surface area contributed by atoms with Crippen LogP contribution in [0.25, 0.3) is 0 Å². The second-order valence-corrected chi connectivity index (χ2v) is 5.26. The monoisotopic (exact) mass is 331 g/mol. The van der Waals surface area contributed by atoms with Crippen LogP contribution in [0, 0.1) is 5.82 Å². The molecule has 5 heteroatoms. The van der Waals surface area contributed by atoms with Crippen LogP contribution < -0.4 is 5.32 Å². The van der Waals surface area contributed by atoms with E-state index in [0.29, 0.717) is 23.2 Å². The fourth-order valence-electron chi connectivity index (χ4n) is 1.75. The largest absolute Gasteiger partial charge is 0.464 e. The summed E-state index contributed by atoms with van der Waals surface area (Å²) in [5.41, 5.74) is -0.296. The molecule has 0 heterocycles. The molecular weight excluding hydrogens is 313 g/mol. The molecule has 1 atom stereocenters. The van der Waals surface area contributed by atoms with Gasteiger partial charge in [0.15, 0.2) is 0 Å². The first-order valence-electron chi connectivity index (χ1n) is 6.33. The standard InChI is InChI=1S/C14H19BrFNO2/c1-4-8-17-14(3,13(18)19-5-2)10-6-7-12(16)11(15)9-10/h6-7,9,17H,4-5,8H2,1-3H3. The van der Waals surface area contributed by atoms with E-state index in [0.717, 1.165) is 6.42 Å². The van der Waals surface area contributed by atoms with E-state index in [-0.39, 0.29) is 11.8 Å². The van der Waals surface area contributed by atoms with Gasteiger partial charge in [-0.3, -0.25) is 5.32 Å². The number of halogens is 2. The summed E-state index contributed by atoms with van der Waals surface area (Å²) < 4.78 is 18.8. The Balaban J connectivity index is 3.14. The molecule has 0 saturated carbocycles. The molecule has 0 fully saturated rings. The van der Waals surface area contributed by atoms with Gasteiger partial charge in [-0.1, -0.05) is 13.0 Å². The fraction of sp³-hybridized carbons (Fsp3) is 0.500. The number of carbonyl (C=O) groups is 1. The summed E-state index contributed by atoms with van der Waals surface area (Å²) in [4.78, 5) is 12.2. The van der Waals surface area contributed by atoms with Gasteiger partial charge in [-0.05, 0) is 60.4 Å². The van der Waals surface area contributed by atoms with Gasteiger partial charge in [0, 0.05) is 0 Å². The normalized spacial score (nSPS) is 13.9. The van der Waals surface area contributed by atoms with Gasteiger partial charge < -0.3 is 4.74 Å². The molecule has 0 spiro atoms. The number of hydrogen-bond donors (Lipinski definition) is 1. The van der Waals surface area contributed by atoms with Crippen molar-refractivity contribution >= 4 is 21.9 Å². The van der Waals surface area contributed by atoms with Crippen molar-refractivity contribution in [2.45, 2.75) is 32.7 Å². The summed E-state index contributed by atoms with van der Waals surface area (Å²) in [5, 5.41) is 3.18. The van der Waals surface area contributed by atoms with E-state index < -0.39 is 5.54 Å². The maximum Gasteiger partial charge on any atom is 0.330 e. The Morgan fingerprint density at radius 1 is 1.47 bits per heavy atom. The van der Waals surface area contributed by atoms with Gasteiger partial charge in [-0.15, -0.1) is 0 Å². The van der Waals surface area contributed by atoms with Crippen molar-refractivity contribution in [1.29, 1.82) is 0 Å². The molecule has 0 amide bonds. The molecule has 1 N–H and O–H groups in total. The predicted molar refractivity (Wildman–Crippen MR) is 76.4 cm³/mol. The van der Waals surface area contributed by atoms with Crippen LogP contribution in [0.3, 0.4) is 0 Å². The Hall–Kier alpha value is -0.940. The second-order valence-electron chi connectivity index (χ2n) is 4.40. The molecule has 0 aliphatic rings. The topological polar surface area (TPSA) is 38.3 Å². The Morgan fingerprint density at radius 2 is 2.16 bits per heavy atom. The van der Waals surface area contributed by atoms with Crippen molar-refractivity contribution in [1.82, 2.24) is 5.32 Å². The SMILES string of the molecule is CCCNC(C)(C(=O)OCC)c1ccc(F)c(Br)c1. The van der Waals surface area contributed by atoms with E-state index in [4.69, 9.17) is 4.74 Å². The molecule has 106 valence electrons. The van der Waals surface area contributed by atoms with Crippen LogP contribution in [0.1, 0.15) is 32.8 Å². The number of nitrogens with one attached hydrogen (secondary N) is 1. The highest BCUT2D eigenvalue weighted by Crippen LogP contribution is 2.27. The lowest BCUT2D eigenvalue weighted by Gasteiger charge is -2.29. The minimum atomic E-state index is -0.970. The zero-order valence-electron chi connectivity index (χ0n) is 11.4. The average molecular weight is 332 g/mol. The van der Waals surface area contributed by atoms with Crippen LogP contribution in [0.5, 0.6) is 0 Å². The first kappa shape index (κ1) is 16.1. The summed E-state index contributed by atoms with van der Waals surface area (Å²) >= 11 is 3.14. The molecule has 1 rings (SSSR count). The maximum atomic E-state index is 13.3. The minimum absolute atomic E-state index is 0.310. The van der Waals surface area contributed by atoms with E-state index in [9.17, 15) is 9.18 Å². The van der Waals surface area contributed by atoms with Crippen LogP contribution in [-0.2, 0) is 15.1 Å². The third kappa shape index (κ3) is 3.76. The number of benzene rings is 1. The van der Waals surface area contributed by atoms with Gasteiger partial charge >= 0.3 is 5.97 Å². The van der Waals surface area contributed by atoms with Gasteiger partial charge in [-0.2, -0.15) is 0 Å². The van der Waals surface area contributed by atoms with E-state index >= 15 is 0 Å². The summed E-state index contributed by atoms with van der Waals surface area (Å²) in [6, 6.07) is 4.54. The highest BCUT2D eigenvalue weighted by Gasteiger charge is 2.36. The molecule has 0 aliphatic carbocycles. The molecule has 0 bridgehead atoms. The molecule has 1 unspecified atom stereocenters. The summed E-state index contributed by atoms with van der Waals surface area (Å²) in [6.07, 6.45) is 0.886. The second kappa shape index (κ2) is 7.01. The van der Waals surface area contributed by atoms with Crippen molar-refractivity contribution in [3.63, 3.8) is 0 Å².